The van der Waals surface area contributed by atoms with Crippen LogP contribution in [0.15, 0.2) is 0 Å². The van der Waals surface area contributed by atoms with Gasteiger partial charge in [0.25, 0.3) is 0 Å². The minimum absolute atomic E-state index is 0.824. The van der Waals surface area contributed by atoms with Crippen LogP contribution >= 0.6 is 0 Å². The topological polar surface area (TPSA) is 18.5 Å². The van der Waals surface area contributed by atoms with E-state index in [-0.39, 0.29) is 0 Å². The van der Waals surface area contributed by atoms with Gasteiger partial charge < -0.3 is 5.32 Å². The van der Waals surface area contributed by atoms with Gasteiger partial charge in [-0.2, -0.15) is 0 Å². The summed E-state index contributed by atoms with van der Waals surface area (Å²) in [6.07, 6.45) is 11.5. The Balaban J connectivity index is 1.34. The van der Waals surface area contributed by atoms with E-state index in [2.05, 4.69) is 15.1 Å². The molecule has 0 aromatic carbocycles. The molecule has 1 aliphatic carbocycles. The SMILES string of the molecule is C1CCC(NCCN2CCN3CCCCC3C2)CC1. The maximum absolute atomic E-state index is 3.79. The molecule has 1 saturated carbocycles. The van der Waals surface area contributed by atoms with Gasteiger partial charge in [0.2, 0.25) is 0 Å². The largest absolute Gasteiger partial charge is 0.313 e. The molecule has 0 bridgehead atoms. The number of piperazine rings is 1. The summed E-state index contributed by atoms with van der Waals surface area (Å²) in [4.78, 5) is 5.43. The average molecular weight is 265 g/mol. The number of hydrogen-bond donors (Lipinski definition) is 1. The van der Waals surface area contributed by atoms with Crippen LogP contribution in [0.5, 0.6) is 0 Å². The van der Waals surface area contributed by atoms with Crippen LogP contribution in [0.3, 0.4) is 0 Å². The van der Waals surface area contributed by atoms with Crippen molar-refractivity contribution < 1.29 is 0 Å². The molecular formula is C16H31N3. The first-order valence-electron chi connectivity index (χ1n) is 8.61. The number of rotatable bonds is 4. The van der Waals surface area contributed by atoms with Crippen LogP contribution in [0, 0.1) is 0 Å². The van der Waals surface area contributed by atoms with Crippen molar-refractivity contribution in [1.29, 1.82) is 0 Å². The predicted molar refractivity (Wildman–Crippen MR) is 80.5 cm³/mol. The standard InChI is InChI=1S/C16H31N3/c1-2-6-15(7-3-1)17-9-11-18-12-13-19-10-5-4-8-16(19)14-18/h15-17H,1-14H2. The molecule has 1 atom stereocenters. The van der Waals surface area contributed by atoms with Crippen LogP contribution in [0.1, 0.15) is 51.4 Å². The van der Waals surface area contributed by atoms with Crippen LogP contribution < -0.4 is 5.32 Å². The van der Waals surface area contributed by atoms with E-state index >= 15 is 0 Å². The van der Waals surface area contributed by atoms with Gasteiger partial charge in [0.1, 0.15) is 0 Å². The summed E-state index contributed by atoms with van der Waals surface area (Å²) in [5.41, 5.74) is 0. The molecule has 3 fully saturated rings. The lowest BCUT2D eigenvalue weighted by Crippen LogP contribution is -2.55. The van der Waals surface area contributed by atoms with Gasteiger partial charge >= 0.3 is 0 Å². The molecule has 2 saturated heterocycles. The van der Waals surface area contributed by atoms with Gasteiger partial charge in [0, 0.05) is 44.8 Å². The Morgan fingerprint density at radius 2 is 1.68 bits per heavy atom. The van der Waals surface area contributed by atoms with E-state index < -0.39 is 0 Å². The molecule has 0 radical (unpaired) electrons. The molecule has 0 aromatic heterocycles. The molecule has 3 nitrogen and oxygen atoms in total. The van der Waals surface area contributed by atoms with Gasteiger partial charge in [-0.25, -0.2) is 0 Å². The van der Waals surface area contributed by atoms with Gasteiger partial charge in [0.15, 0.2) is 0 Å². The molecule has 3 rings (SSSR count). The van der Waals surface area contributed by atoms with Crippen molar-refractivity contribution in [3.63, 3.8) is 0 Å². The number of hydrogen-bond acceptors (Lipinski definition) is 3. The normalized spacial score (nSPS) is 31.3. The van der Waals surface area contributed by atoms with Crippen molar-refractivity contribution in [2.45, 2.75) is 63.5 Å². The van der Waals surface area contributed by atoms with Crippen molar-refractivity contribution in [3.05, 3.63) is 0 Å². The Morgan fingerprint density at radius 3 is 2.58 bits per heavy atom. The second-order valence-corrected chi connectivity index (χ2v) is 6.78. The van der Waals surface area contributed by atoms with Crippen molar-refractivity contribution in [2.24, 2.45) is 0 Å². The minimum atomic E-state index is 0.824. The molecule has 0 spiro atoms. The van der Waals surface area contributed by atoms with Crippen LogP contribution in [-0.4, -0.2) is 61.2 Å². The van der Waals surface area contributed by atoms with E-state index in [1.165, 1.54) is 90.6 Å². The van der Waals surface area contributed by atoms with E-state index in [1.807, 2.05) is 0 Å². The van der Waals surface area contributed by atoms with E-state index in [1.54, 1.807) is 0 Å². The summed E-state index contributed by atoms with van der Waals surface area (Å²) in [5, 5.41) is 3.79. The lowest BCUT2D eigenvalue weighted by Gasteiger charge is -2.44. The quantitative estimate of drug-likeness (QED) is 0.839. The lowest BCUT2D eigenvalue weighted by molar-refractivity contribution is 0.0495. The van der Waals surface area contributed by atoms with Gasteiger partial charge in [0.05, 0.1) is 0 Å². The molecule has 2 heterocycles. The number of piperidine rings is 1. The Hall–Kier alpha value is -0.120. The van der Waals surface area contributed by atoms with Crippen LogP contribution in [0.4, 0.5) is 0 Å². The molecule has 19 heavy (non-hydrogen) atoms. The zero-order valence-corrected chi connectivity index (χ0v) is 12.4. The molecule has 3 aliphatic rings. The predicted octanol–water partition coefficient (Wildman–Crippen LogP) is 2.08. The highest BCUT2D eigenvalue weighted by molar-refractivity contribution is 4.85. The average Bonchev–Trinajstić information content (AvgIpc) is 2.48. The van der Waals surface area contributed by atoms with Crippen molar-refractivity contribution >= 4 is 0 Å². The summed E-state index contributed by atoms with van der Waals surface area (Å²) in [5.74, 6) is 0. The number of fused-ring (bicyclic) bond motifs is 1. The molecule has 2 aliphatic heterocycles. The van der Waals surface area contributed by atoms with Crippen LogP contribution in [-0.2, 0) is 0 Å². The monoisotopic (exact) mass is 265 g/mol. The van der Waals surface area contributed by atoms with Gasteiger partial charge in [-0.3, -0.25) is 9.80 Å². The molecule has 0 aromatic rings. The highest BCUT2D eigenvalue weighted by atomic mass is 15.3. The Kier molecular flexibility index (Phi) is 5.14. The minimum Gasteiger partial charge on any atom is -0.313 e. The van der Waals surface area contributed by atoms with Crippen molar-refractivity contribution in [3.8, 4) is 0 Å². The van der Waals surface area contributed by atoms with Crippen LogP contribution in [0.25, 0.3) is 0 Å². The first-order valence-corrected chi connectivity index (χ1v) is 8.61. The summed E-state index contributed by atoms with van der Waals surface area (Å²) in [6, 6.07) is 1.70. The fourth-order valence-electron chi connectivity index (χ4n) is 4.16. The highest BCUT2D eigenvalue weighted by Gasteiger charge is 2.28. The Bertz CT molecular complexity index is 263. The number of nitrogens with zero attached hydrogens (tertiary/aromatic N) is 2. The summed E-state index contributed by atoms with van der Waals surface area (Å²) < 4.78 is 0. The Labute approximate surface area is 118 Å². The van der Waals surface area contributed by atoms with Gasteiger partial charge in [-0.1, -0.05) is 25.7 Å². The maximum atomic E-state index is 3.79. The van der Waals surface area contributed by atoms with Crippen LogP contribution in [0.2, 0.25) is 0 Å². The summed E-state index contributed by atoms with van der Waals surface area (Å²) in [6.45, 7) is 7.76. The fourth-order valence-corrected chi connectivity index (χ4v) is 4.16. The molecule has 1 unspecified atom stereocenters. The third kappa shape index (κ3) is 3.93. The first kappa shape index (κ1) is 13.8. The van der Waals surface area contributed by atoms with Crippen molar-refractivity contribution in [1.82, 2.24) is 15.1 Å². The molecule has 3 heteroatoms. The zero-order valence-electron chi connectivity index (χ0n) is 12.4. The Morgan fingerprint density at radius 1 is 0.842 bits per heavy atom. The maximum Gasteiger partial charge on any atom is 0.0223 e. The lowest BCUT2D eigenvalue weighted by atomic mass is 9.95. The second kappa shape index (κ2) is 7.05. The fraction of sp³-hybridized carbons (Fsp3) is 1.00. The number of nitrogens with one attached hydrogen (secondary N) is 1. The molecule has 0 amide bonds. The third-order valence-corrected chi connectivity index (χ3v) is 5.39. The molecule has 110 valence electrons. The third-order valence-electron chi connectivity index (χ3n) is 5.39. The molecular weight excluding hydrogens is 234 g/mol. The van der Waals surface area contributed by atoms with Crippen molar-refractivity contribution in [2.75, 3.05) is 39.3 Å². The zero-order chi connectivity index (χ0) is 12.9. The summed E-state index contributed by atoms with van der Waals surface area (Å²) >= 11 is 0. The van der Waals surface area contributed by atoms with E-state index in [0.29, 0.717) is 0 Å². The highest BCUT2D eigenvalue weighted by Crippen LogP contribution is 2.21. The van der Waals surface area contributed by atoms with Gasteiger partial charge in [-0.05, 0) is 32.2 Å². The van der Waals surface area contributed by atoms with Gasteiger partial charge in [-0.15, -0.1) is 0 Å². The smallest absolute Gasteiger partial charge is 0.0223 e. The van der Waals surface area contributed by atoms with E-state index in [9.17, 15) is 0 Å². The summed E-state index contributed by atoms with van der Waals surface area (Å²) in [7, 11) is 0. The van der Waals surface area contributed by atoms with E-state index in [0.717, 1.165) is 12.1 Å². The second-order valence-electron chi connectivity index (χ2n) is 6.78. The van der Waals surface area contributed by atoms with E-state index in [4.69, 9.17) is 0 Å². The first-order chi connectivity index (χ1) is 9.42. The molecule has 1 N–H and O–H groups in total.